The first-order chi connectivity index (χ1) is 11.7. The van der Waals surface area contributed by atoms with Crippen molar-refractivity contribution < 1.29 is 4.79 Å². The molecule has 0 radical (unpaired) electrons. The molecular weight excluding hydrogens is 304 g/mol. The number of aromatic nitrogens is 5. The van der Waals surface area contributed by atoms with Crippen LogP contribution < -0.4 is 0 Å². The Hall–Kier alpha value is -2.18. The zero-order valence-electron chi connectivity index (χ0n) is 14.1. The highest BCUT2D eigenvalue weighted by molar-refractivity contribution is 5.94. The lowest BCUT2D eigenvalue weighted by atomic mass is 10.1. The highest BCUT2D eigenvalue weighted by Crippen LogP contribution is 2.31. The van der Waals surface area contributed by atoms with E-state index >= 15 is 0 Å². The lowest BCUT2D eigenvalue weighted by Gasteiger charge is -2.24. The first-order valence-electron chi connectivity index (χ1n) is 8.87. The Kier molecular flexibility index (Phi) is 4.08. The van der Waals surface area contributed by atoms with Crippen molar-refractivity contribution in [1.29, 1.82) is 0 Å². The third-order valence-corrected chi connectivity index (χ3v) is 5.14. The number of rotatable bonds is 6. The van der Waals surface area contributed by atoms with E-state index < -0.39 is 0 Å². The molecule has 2 aromatic heterocycles. The molecule has 7 heteroatoms. The molecule has 0 aromatic carbocycles. The van der Waals surface area contributed by atoms with Gasteiger partial charge in [-0.15, -0.1) is 10.2 Å². The van der Waals surface area contributed by atoms with Gasteiger partial charge in [-0.3, -0.25) is 9.48 Å². The van der Waals surface area contributed by atoms with Crippen molar-refractivity contribution in [2.75, 3.05) is 6.54 Å². The van der Waals surface area contributed by atoms with E-state index in [9.17, 15) is 4.79 Å². The lowest BCUT2D eigenvalue weighted by molar-refractivity contribution is 0.0730. The average molecular weight is 328 g/mol. The summed E-state index contributed by atoms with van der Waals surface area (Å²) in [7, 11) is 1.84. The molecule has 1 amide bonds. The van der Waals surface area contributed by atoms with Gasteiger partial charge in [-0.25, -0.2) is 0 Å². The van der Waals surface area contributed by atoms with Crippen LogP contribution in [0.15, 0.2) is 18.7 Å². The van der Waals surface area contributed by atoms with E-state index in [0.29, 0.717) is 11.6 Å². The van der Waals surface area contributed by atoms with E-state index in [0.717, 1.165) is 50.5 Å². The van der Waals surface area contributed by atoms with Crippen LogP contribution in [0.2, 0.25) is 0 Å². The van der Waals surface area contributed by atoms with Crippen molar-refractivity contribution in [3.63, 3.8) is 0 Å². The Balaban J connectivity index is 1.38. The van der Waals surface area contributed by atoms with Gasteiger partial charge in [0.2, 0.25) is 0 Å². The predicted octanol–water partition coefficient (Wildman–Crippen LogP) is 1.66. The minimum absolute atomic E-state index is 0.102. The fourth-order valence-electron chi connectivity index (χ4n) is 3.60. The van der Waals surface area contributed by atoms with Gasteiger partial charge in [-0.1, -0.05) is 0 Å². The molecule has 24 heavy (non-hydrogen) atoms. The molecule has 1 unspecified atom stereocenters. The molecule has 128 valence electrons. The summed E-state index contributed by atoms with van der Waals surface area (Å²) in [5, 5.41) is 12.5. The smallest absolute Gasteiger partial charge is 0.257 e. The molecule has 1 atom stereocenters. The number of carbonyl (C=O) groups excluding carboxylic acids is 1. The summed E-state index contributed by atoms with van der Waals surface area (Å²) in [5.41, 5.74) is 0.682. The van der Waals surface area contributed by atoms with Crippen LogP contribution in [0.3, 0.4) is 0 Å². The molecule has 2 aromatic rings. The summed E-state index contributed by atoms with van der Waals surface area (Å²) >= 11 is 0. The largest absolute Gasteiger partial charge is 0.336 e. The predicted molar refractivity (Wildman–Crippen MR) is 88.3 cm³/mol. The maximum absolute atomic E-state index is 12.7. The van der Waals surface area contributed by atoms with Crippen LogP contribution in [0.5, 0.6) is 0 Å². The zero-order valence-corrected chi connectivity index (χ0v) is 14.1. The first kappa shape index (κ1) is 15.4. The van der Waals surface area contributed by atoms with Gasteiger partial charge in [0, 0.05) is 38.8 Å². The summed E-state index contributed by atoms with van der Waals surface area (Å²) in [5.74, 6) is 1.97. The molecule has 7 nitrogen and oxygen atoms in total. The van der Waals surface area contributed by atoms with Crippen LogP contribution in [0.25, 0.3) is 0 Å². The Bertz CT molecular complexity index is 716. The van der Waals surface area contributed by atoms with E-state index in [1.54, 1.807) is 17.1 Å². The molecule has 1 aliphatic carbocycles. The first-order valence-corrected chi connectivity index (χ1v) is 8.87. The molecule has 4 rings (SSSR count). The van der Waals surface area contributed by atoms with Gasteiger partial charge < -0.3 is 9.47 Å². The monoisotopic (exact) mass is 328 g/mol. The third kappa shape index (κ3) is 3.20. The summed E-state index contributed by atoms with van der Waals surface area (Å²) in [6, 6.07) is 0.295. The van der Waals surface area contributed by atoms with Gasteiger partial charge in [0.25, 0.3) is 5.91 Å². The van der Waals surface area contributed by atoms with E-state index in [4.69, 9.17) is 0 Å². The topological polar surface area (TPSA) is 68.8 Å². The second-order valence-electron chi connectivity index (χ2n) is 7.08. The maximum atomic E-state index is 12.7. The van der Waals surface area contributed by atoms with Gasteiger partial charge in [-0.05, 0) is 38.0 Å². The van der Waals surface area contributed by atoms with E-state index in [-0.39, 0.29) is 5.91 Å². The van der Waals surface area contributed by atoms with Crippen LogP contribution in [0, 0.1) is 5.92 Å². The molecular formula is C17H24N6O. The van der Waals surface area contributed by atoms with Crippen LogP contribution in [0.4, 0.5) is 0 Å². The highest BCUT2D eigenvalue weighted by Gasteiger charge is 2.30. The van der Waals surface area contributed by atoms with Crippen molar-refractivity contribution in [1.82, 2.24) is 29.4 Å². The minimum Gasteiger partial charge on any atom is -0.336 e. The Morgan fingerprint density at radius 1 is 1.33 bits per heavy atom. The molecule has 1 saturated carbocycles. The molecule has 2 aliphatic rings. The van der Waals surface area contributed by atoms with Crippen molar-refractivity contribution in [2.45, 2.75) is 51.1 Å². The Morgan fingerprint density at radius 3 is 2.96 bits per heavy atom. The number of likely N-dealkylation sites (tertiary alicyclic amines) is 1. The quantitative estimate of drug-likeness (QED) is 0.809. The van der Waals surface area contributed by atoms with Gasteiger partial charge in [0.1, 0.15) is 12.2 Å². The summed E-state index contributed by atoms with van der Waals surface area (Å²) < 4.78 is 3.87. The number of hydrogen-bond acceptors (Lipinski definition) is 4. The van der Waals surface area contributed by atoms with Crippen molar-refractivity contribution >= 4 is 5.91 Å². The van der Waals surface area contributed by atoms with Crippen molar-refractivity contribution in [2.24, 2.45) is 13.0 Å². The number of aryl methyl sites for hydroxylation is 2. The normalized spacial score (nSPS) is 20.7. The van der Waals surface area contributed by atoms with Crippen LogP contribution in [-0.4, -0.2) is 47.9 Å². The number of amides is 1. The lowest BCUT2D eigenvalue weighted by Crippen LogP contribution is -2.35. The van der Waals surface area contributed by atoms with Crippen molar-refractivity contribution in [3.8, 4) is 0 Å². The summed E-state index contributed by atoms with van der Waals surface area (Å²) in [6.45, 7) is 1.89. The molecule has 0 spiro atoms. The number of nitrogens with zero attached hydrogens (tertiary/aromatic N) is 6. The van der Waals surface area contributed by atoms with Gasteiger partial charge in [0.15, 0.2) is 0 Å². The molecule has 2 fully saturated rings. The van der Waals surface area contributed by atoms with E-state index in [2.05, 4.69) is 19.9 Å². The number of hydrogen-bond donors (Lipinski definition) is 0. The summed E-state index contributed by atoms with van der Waals surface area (Å²) in [6.07, 6.45) is 11.9. The van der Waals surface area contributed by atoms with Gasteiger partial charge in [0.05, 0.1) is 11.8 Å². The Morgan fingerprint density at radius 2 is 2.21 bits per heavy atom. The van der Waals surface area contributed by atoms with Crippen molar-refractivity contribution in [3.05, 3.63) is 30.1 Å². The fraction of sp³-hybridized carbons (Fsp3) is 0.647. The minimum atomic E-state index is 0.102. The third-order valence-electron chi connectivity index (χ3n) is 5.14. The summed E-state index contributed by atoms with van der Waals surface area (Å²) in [4.78, 5) is 14.7. The second kappa shape index (κ2) is 6.37. The van der Waals surface area contributed by atoms with Crippen LogP contribution in [0.1, 0.15) is 48.3 Å². The van der Waals surface area contributed by atoms with Gasteiger partial charge in [-0.2, -0.15) is 5.10 Å². The van der Waals surface area contributed by atoms with E-state index in [1.807, 2.05) is 18.3 Å². The SMILES string of the molecule is Cn1cc(C(=O)N2CCCC2CCc2nncn2CC2CC2)cn1. The second-order valence-corrected chi connectivity index (χ2v) is 7.08. The molecule has 1 aliphatic heterocycles. The van der Waals surface area contributed by atoms with Crippen LogP contribution >= 0.6 is 0 Å². The highest BCUT2D eigenvalue weighted by atomic mass is 16.2. The average Bonchev–Trinajstić information content (AvgIpc) is 2.97. The molecule has 0 bridgehead atoms. The number of carbonyl (C=O) groups is 1. The Labute approximate surface area is 141 Å². The zero-order chi connectivity index (χ0) is 16.5. The van der Waals surface area contributed by atoms with E-state index in [1.165, 1.54) is 12.8 Å². The molecule has 3 heterocycles. The standard InChI is InChI=1S/C17H24N6O/c1-21-11-14(9-19-21)17(24)23-8-2-3-15(23)6-7-16-20-18-12-22(16)10-13-4-5-13/h9,11-13,15H,2-8,10H2,1H3. The molecule has 0 N–H and O–H groups in total. The van der Waals surface area contributed by atoms with Crippen LogP contribution in [-0.2, 0) is 20.0 Å². The maximum Gasteiger partial charge on any atom is 0.257 e. The van der Waals surface area contributed by atoms with Gasteiger partial charge >= 0.3 is 0 Å². The fourth-order valence-corrected chi connectivity index (χ4v) is 3.60. The molecule has 1 saturated heterocycles.